The molecule has 0 unspecified atom stereocenters. The Balaban J connectivity index is 2.04. The third-order valence-electron chi connectivity index (χ3n) is 3.21. The minimum absolute atomic E-state index is 0.437. The van der Waals surface area contributed by atoms with Gasteiger partial charge < -0.3 is 14.8 Å². The van der Waals surface area contributed by atoms with E-state index >= 15 is 0 Å². The number of nitrogens with zero attached hydrogens (tertiary/aromatic N) is 1. The second kappa shape index (κ2) is 7.20. The predicted molar refractivity (Wildman–Crippen MR) is 82.6 cm³/mol. The van der Waals surface area contributed by atoms with Crippen LogP contribution in [0.15, 0.2) is 42.5 Å². The molecule has 0 aliphatic carbocycles. The summed E-state index contributed by atoms with van der Waals surface area (Å²) in [7, 11) is 3.28. The Kier molecular flexibility index (Phi) is 5.05. The van der Waals surface area contributed by atoms with Crippen LogP contribution in [0.2, 0.25) is 0 Å². The zero-order chi connectivity index (χ0) is 15.1. The number of methoxy groups -OCH3 is 2. The number of nitrogens with one attached hydrogen (secondary N) is 1. The molecule has 4 nitrogen and oxygen atoms in total. The highest BCUT2D eigenvalue weighted by atomic mass is 16.5. The van der Waals surface area contributed by atoms with Crippen molar-refractivity contribution >= 4 is 5.69 Å². The molecule has 0 aliphatic heterocycles. The lowest BCUT2D eigenvalue weighted by molar-refractivity contribution is 0.391. The molecule has 0 aromatic heterocycles. The number of ether oxygens (including phenoxy) is 2. The lowest BCUT2D eigenvalue weighted by atomic mass is 10.1. The summed E-state index contributed by atoms with van der Waals surface area (Å²) < 4.78 is 10.6. The van der Waals surface area contributed by atoms with Crippen LogP contribution in [0.5, 0.6) is 11.5 Å². The number of anilines is 1. The molecule has 0 saturated carbocycles. The molecule has 0 fully saturated rings. The molecular weight excluding hydrogens is 264 g/mol. The van der Waals surface area contributed by atoms with Gasteiger partial charge >= 0.3 is 0 Å². The number of benzene rings is 2. The van der Waals surface area contributed by atoms with E-state index in [-0.39, 0.29) is 0 Å². The summed E-state index contributed by atoms with van der Waals surface area (Å²) >= 11 is 0. The van der Waals surface area contributed by atoms with Crippen LogP contribution in [-0.2, 0) is 13.0 Å². The minimum Gasteiger partial charge on any atom is -0.497 e. The van der Waals surface area contributed by atoms with Crippen LogP contribution in [0.1, 0.15) is 11.1 Å². The van der Waals surface area contributed by atoms with E-state index in [0.717, 1.165) is 28.3 Å². The lowest BCUT2D eigenvalue weighted by Crippen LogP contribution is -2.02. The van der Waals surface area contributed by atoms with Gasteiger partial charge in [-0.25, -0.2) is 0 Å². The van der Waals surface area contributed by atoms with Gasteiger partial charge in [-0.05, 0) is 29.8 Å². The fourth-order valence-electron chi connectivity index (χ4n) is 2.03. The van der Waals surface area contributed by atoms with E-state index in [2.05, 4.69) is 11.4 Å². The van der Waals surface area contributed by atoms with E-state index < -0.39 is 0 Å². The van der Waals surface area contributed by atoms with Crippen LogP contribution in [0, 0.1) is 11.3 Å². The first-order chi connectivity index (χ1) is 10.3. The van der Waals surface area contributed by atoms with Crippen molar-refractivity contribution in [3.63, 3.8) is 0 Å². The minimum atomic E-state index is 0.437. The lowest BCUT2D eigenvalue weighted by Gasteiger charge is -2.12. The third-order valence-corrected chi connectivity index (χ3v) is 3.21. The van der Waals surface area contributed by atoms with Crippen molar-refractivity contribution in [2.45, 2.75) is 13.0 Å². The Morgan fingerprint density at radius 2 is 1.81 bits per heavy atom. The largest absolute Gasteiger partial charge is 0.497 e. The van der Waals surface area contributed by atoms with Gasteiger partial charge in [-0.1, -0.05) is 12.1 Å². The average molecular weight is 282 g/mol. The maximum atomic E-state index is 8.65. The van der Waals surface area contributed by atoms with Gasteiger partial charge in [-0.15, -0.1) is 0 Å². The molecule has 4 heteroatoms. The second-order valence-electron chi connectivity index (χ2n) is 4.56. The molecule has 2 aromatic carbocycles. The molecule has 0 amide bonds. The number of nitriles is 1. The number of hydrogen-bond donors (Lipinski definition) is 1. The molecule has 21 heavy (non-hydrogen) atoms. The second-order valence-corrected chi connectivity index (χ2v) is 4.56. The SMILES string of the molecule is COc1ccc(CNc2ccc(CC#N)cc2)c(OC)c1. The normalized spacial score (nSPS) is 9.76. The molecule has 0 spiro atoms. The fourth-order valence-corrected chi connectivity index (χ4v) is 2.03. The third kappa shape index (κ3) is 3.90. The van der Waals surface area contributed by atoms with Crippen molar-refractivity contribution in [3.05, 3.63) is 53.6 Å². The van der Waals surface area contributed by atoms with E-state index in [1.807, 2.05) is 42.5 Å². The molecule has 108 valence electrons. The zero-order valence-electron chi connectivity index (χ0n) is 12.2. The first-order valence-corrected chi connectivity index (χ1v) is 6.67. The van der Waals surface area contributed by atoms with Crippen molar-refractivity contribution in [1.82, 2.24) is 0 Å². The van der Waals surface area contributed by atoms with Gasteiger partial charge in [0.25, 0.3) is 0 Å². The first-order valence-electron chi connectivity index (χ1n) is 6.67. The quantitative estimate of drug-likeness (QED) is 0.882. The summed E-state index contributed by atoms with van der Waals surface area (Å²) in [6.07, 6.45) is 0.437. The number of hydrogen-bond acceptors (Lipinski definition) is 4. The van der Waals surface area contributed by atoms with Crippen molar-refractivity contribution in [2.75, 3.05) is 19.5 Å². The molecule has 0 radical (unpaired) electrons. The van der Waals surface area contributed by atoms with Gasteiger partial charge in [0.1, 0.15) is 11.5 Å². The van der Waals surface area contributed by atoms with Crippen molar-refractivity contribution in [3.8, 4) is 17.6 Å². The van der Waals surface area contributed by atoms with Crippen LogP contribution >= 0.6 is 0 Å². The van der Waals surface area contributed by atoms with Crippen molar-refractivity contribution in [1.29, 1.82) is 5.26 Å². The molecule has 1 N–H and O–H groups in total. The molecule has 0 saturated heterocycles. The maximum absolute atomic E-state index is 8.65. The van der Waals surface area contributed by atoms with Gasteiger partial charge in [0.2, 0.25) is 0 Å². The van der Waals surface area contributed by atoms with Gasteiger partial charge in [0, 0.05) is 23.9 Å². The standard InChI is InChI=1S/C17H18N2O2/c1-20-16-8-5-14(17(11-16)21-2)12-19-15-6-3-13(4-7-15)9-10-18/h3-8,11,19H,9,12H2,1-2H3. The summed E-state index contributed by atoms with van der Waals surface area (Å²) in [5, 5.41) is 12.0. The Bertz CT molecular complexity index is 630. The summed E-state index contributed by atoms with van der Waals surface area (Å²) in [6, 6.07) is 15.8. The first kappa shape index (κ1) is 14.7. The van der Waals surface area contributed by atoms with E-state index in [1.165, 1.54) is 0 Å². The maximum Gasteiger partial charge on any atom is 0.127 e. The average Bonchev–Trinajstić information content (AvgIpc) is 2.54. The van der Waals surface area contributed by atoms with Crippen LogP contribution in [-0.4, -0.2) is 14.2 Å². The van der Waals surface area contributed by atoms with Crippen LogP contribution in [0.3, 0.4) is 0 Å². The summed E-state index contributed by atoms with van der Waals surface area (Å²) in [5.41, 5.74) is 3.08. The Labute approximate surface area is 124 Å². The summed E-state index contributed by atoms with van der Waals surface area (Å²) in [4.78, 5) is 0. The van der Waals surface area contributed by atoms with Gasteiger partial charge in [0.15, 0.2) is 0 Å². The van der Waals surface area contributed by atoms with E-state index in [0.29, 0.717) is 13.0 Å². The number of rotatable bonds is 6. The van der Waals surface area contributed by atoms with Gasteiger partial charge in [0.05, 0.1) is 26.7 Å². The van der Waals surface area contributed by atoms with Gasteiger partial charge in [-0.2, -0.15) is 5.26 Å². The van der Waals surface area contributed by atoms with E-state index in [4.69, 9.17) is 14.7 Å². The molecule has 0 bridgehead atoms. The highest BCUT2D eigenvalue weighted by Crippen LogP contribution is 2.25. The molecule has 0 heterocycles. The van der Waals surface area contributed by atoms with E-state index in [9.17, 15) is 0 Å². The van der Waals surface area contributed by atoms with Crippen molar-refractivity contribution in [2.24, 2.45) is 0 Å². The molecular formula is C17H18N2O2. The monoisotopic (exact) mass is 282 g/mol. The molecule has 2 aromatic rings. The highest BCUT2D eigenvalue weighted by molar-refractivity contribution is 5.48. The Hall–Kier alpha value is -2.67. The highest BCUT2D eigenvalue weighted by Gasteiger charge is 2.05. The van der Waals surface area contributed by atoms with Gasteiger partial charge in [-0.3, -0.25) is 0 Å². The van der Waals surface area contributed by atoms with Crippen LogP contribution < -0.4 is 14.8 Å². The topological polar surface area (TPSA) is 54.3 Å². The molecule has 0 aliphatic rings. The summed E-state index contributed by atoms with van der Waals surface area (Å²) in [6.45, 7) is 0.658. The predicted octanol–water partition coefficient (Wildman–Crippen LogP) is 3.38. The summed E-state index contributed by atoms with van der Waals surface area (Å²) in [5.74, 6) is 1.57. The Morgan fingerprint density at radius 1 is 1.05 bits per heavy atom. The van der Waals surface area contributed by atoms with E-state index in [1.54, 1.807) is 14.2 Å². The zero-order valence-corrected chi connectivity index (χ0v) is 12.2. The van der Waals surface area contributed by atoms with Crippen LogP contribution in [0.4, 0.5) is 5.69 Å². The fraction of sp³-hybridized carbons (Fsp3) is 0.235. The van der Waals surface area contributed by atoms with Crippen molar-refractivity contribution < 1.29 is 9.47 Å². The molecule has 2 rings (SSSR count). The Morgan fingerprint density at radius 3 is 2.43 bits per heavy atom. The smallest absolute Gasteiger partial charge is 0.127 e. The van der Waals surface area contributed by atoms with Crippen LogP contribution in [0.25, 0.3) is 0 Å². The molecule has 0 atom stereocenters.